The molecule has 0 atom stereocenters. The molecule has 2 aromatic rings. The van der Waals surface area contributed by atoms with E-state index in [0.29, 0.717) is 6.07 Å². The molecule has 1 heterocycles. The predicted octanol–water partition coefficient (Wildman–Crippen LogP) is 2.26. The van der Waals surface area contributed by atoms with E-state index in [9.17, 15) is 31.2 Å². The van der Waals surface area contributed by atoms with Crippen LogP contribution in [-0.4, -0.2) is 44.2 Å². The number of carbonyl (C=O) groups excluding carboxylic acids is 2. The fourth-order valence-electron chi connectivity index (χ4n) is 3.23. The zero-order valence-electron chi connectivity index (χ0n) is 16.3. The summed E-state index contributed by atoms with van der Waals surface area (Å²) in [6, 6.07) is 9.52. The predicted molar refractivity (Wildman–Crippen MR) is 106 cm³/mol. The molecule has 0 aromatic heterocycles. The zero-order chi connectivity index (χ0) is 22.6. The Morgan fingerprint density at radius 2 is 1.61 bits per heavy atom. The molecule has 166 valence electrons. The average molecular weight is 455 g/mol. The van der Waals surface area contributed by atoms with Crippen molar-refractivity contribution in [2.45, 2.75) is 17.7 Å². The van der Waals surface area contributed by atoms with Gasteiger partial charge in [-0.15, -0.1) is 0 Å². The maximum atomic E-state index is 13.6. The summed E-state index contributed by atoms with van der Waals surface area (Å²) < 4.78 is 66.3. The molecule has 1 aliphatic heterocycles. The molecule has 2 amide bonds. The summed E-state index contributed by atoms with van der Waals surface area (Å²) in [6.45, 7) is -0.192. The topological polar surface area (TPSA) is 95.6 Å². The molecule has 11 heteroatoms. The van der Waals surface area contributed by atoms with Gasteiger partial charge in [-0.05, 0) is 37.1 Å². The number of anilines is 1. The number of nitrogens with zero attached hydrogens (tertiary/aromatic N) is 1. The molecular weight excluding hydrogens is 435 g/mol. The lowest BCUT2D eigenvalue weighted by Gasteiger charge is -2.30. The summed E-state index contributed by atoms with van der Waals surface area (Å²) >= 11 is 0. The largest absolute Gasteiger partial charge is 0.347 e. The molecule has 0 bridgehead atoms. The molecule has 0 unspecified atom stereocenters. The lowest BCUT2D eigenvalue weighted by Crippen LogP contribution is -2.44. The number of hydrogen-bond donors (Lipinski definition) is 2. The van der Waals surface area contributed by atoms with Crippen molar-refractivity contribution in [3.8, 4) is 0 Å². The molecule has 1 fully saturated rings. The minimum Gasteiger partial charge on any atom is -0.347 e. The number of piperidine rings is 1. The highest BCUT2D eigenvalue weighted by Gasteiger charge is 2.32. The maximum Gasteiger partial charge on any atom is 0.243 e. The standard InChI is InChI=1S/C20H20F3N3O4S/c21-15-6-7-16(19(23)18(15)22)25-17(27)12-24-20(28)13-8-10-26(11-9-13)31(29,30)14-4-2-1-3-5-14/h1-7,13H,8-12H2,(H,24,28)(H,25,27). The molecule has 1 aliphatic rings. The van der Waals surface area contributed by atoms with Crippen LogP contribution in [0.1, 0.15) is 12.8 Å². The number of amides is 2. The third kappa shape index (κ3) is 5.23. The first kappa shape index (κ1) is 22.8. The average Bonchev–Trinajstić information content (AvgIpc) is 2.78. The molecule has 7 nitrogen and oxygen atoms in total. The molecule has 2 aromatic carbocycles. The van der Waals surface area contributed by atoms with E-state index in [1.54, 1.807) is 18.2 Å². The highest BCUT2D eigenvalue weighted by molar-refractivity contribution is 7.89. The first-order chi connectivity index (χ1) is 14.7. The Balaban J connectivity index is 1.49. The molecule has 3 rings (SSSR count). The van der Waals surface area contributed by atoms with Crippen LogP contribution in [0.2, 0.25) is 0 Å². The molecule has 31 heavy (non-hydrogen) atoms. The fourth-order valence-corrected chi connectivity index (χ4v) is 4.72. The van der Waals surface area contributed by atoms with E-state index in [1.807, 2.05) is 0 Å². The van der Waals surface area contributed by atoms with Crippen LogP contribution in [0.4, 0.5) is 18.9 Å². The van der Waals surface area contributed by atoms with Gasteiger partial charge in [-0.25, -0.2) is 21.6 Å². The van der Waals surface area contributed by atoms with Crippen LogP contribution in [0, 0.1) is 23.4 Å². The first-order valence-corrected chi connectivity index (χ1v) is 10.9. The number of nitrogens with one attached hydrogen (secondary N) is 2. The molecule has 2 N–H and O–H groups in total. The van der Waals surface area contributed by atoms with Gasteiger partial charge in [0.2, 0.25) is 21.8 Å². The van der Waals surface area contributed by atoms with E-state index in [-0.39, 0.29) is 30.8 Å². The van der Waals surface area contributed by atoms with Crippen LogP contribution in [0.15, 0.2) is 47.4 Å². The number of hydrogen-bond acceptors (Lipinski definition) is 4. The molecule has 1 saturated heterocycles. The Morgan fingerprint density at radius 3 is 2.26 bits per heavy atom. The van der Waals surface area contributed by atoms with Crippen LogP contribution in [0.5, 0.6) is 0 Å². The minimum atomic E-state index is -3.64. The van der Waals surface area contributed by atoms with Crippen molar-refractivity contribution < 1.29 is 31.2 Å². The van der Waals surface area contributed by atoms with Crippen molar-refractivity contribution in [2.24, 2.45) is 5.92 Å². The van der Waals surface area contributed by atoms with Crippen LogP contribution >= 0.6 is 0 Å². The lowest BCUT2D eigenvalue weighted by molar-refractivity contribution is -0.128. The van der Waals surface area contributed by atoms with Gasteiger partial charge < -0.3 is 10.6 Å². The summed E-state index contributed by atoms with van der Waals surface area (Å²) in [6.07, 6.45) is 0.550. The highest BCUT2D eigenvalue weighted by atomic mass is 32.2. The smallest absolute Gasteiger partial charge is 0.243 e. The van der Waals surface area contributed by atoms with Gasteiger partial charge in [0.25, 0.3) is 0 Å². The van der Waals surface area contributed by atoms with E-state index in [1.165, 1.54) is 16.4 Å². The van der Waals surface area contributed by atoms with E-state index in [2.05, 4.69) is 10.6 Å². The first-order valence-electron chi connectivity index (χ1n) is 9.46. The van der Waals surface area contributed by atoms with Crippen molar-refractivity contribution >= 4 is 27.5 Å². The second-order valence-electron chi connectivity index (χ2n) is 6.98. The van der Waals surface area contributed by atoms with Crippen LogP contribution in [0.25, 0.3) is 0 Å². The number of halogens is 3. The summed E-state index contributed by atoms with van der Waals surface area (Å²) in [5.74, 6) is -6.38. The number of rotatable bonds is 6. The van der Waals surface area contributed by atoms with Gasteiger partial charge in [-0.3, -0.25) is 9.59 Å². The minimum absolute atomic E-state index is 0.154. The van der Waals surface area contributed by atoms with E-state index < -0.39 is 57.4 Å². The van der Waals surface area contributed by atoms with E-state index in [4.69, 9.17) is 0 Å². The summed E-state index contributed by atoms with van der Waals surface area (Å²) in [7, 11) is -3.64. The maximum absolute atomic E-state index is 13.6. The van der Waals surface area contributed by atoms with Crippen molar-refractivity contribution in [3.05, 3.63) is 59.9 Å². The Hall–Kier alpha value is -2.92. The van der Waals surface area contributed by atoms with Crippen LogP contribution in [-0.2, 0) is 19.6 Å². The molecule has 0 radical (unpaired) electrons. The molecule has 0 spiro atoms. The number of carbonyl (C=O) groups is 2. The quantitative estimate of drug-likeness (QED) is 0.654. The Labute approximate surface area is 177 Å². The van der Waals surface area contributed by atoms with Gasteiger partial charge in [-0.1, -0.05) is 18.2 Å². The lowest BCUT2D eigenvalue weighted by atomic mass is 9.97. The Bertz CT molecular complexity index is 1070. The van der Waals surface area contributed by atoms with Crippen molar-refractivity contribution in [3.63, 3.8) is 0 Å². The normalized spacial score (nSPS) is 15.5. The number of benzene rings is 2. The third-order valence-electron chi connectivity index (χ3n) is 4.94. The summed E-state index contributed by atoms with van der Waals surface area (Å²) in [4.78, 5) is 24.4. The Kier molecular flexibility index (Phi) is 6.96. The van der Waals surface area contributed by atoms with Gasteiger partial charge in [0, 0.05) is 19.0 Å². The van der Waals surface area contributed by atoms with Crippen molar-refractivity contribution in [1.82, 2.24) is 9.62 Å². The third-order valence-corrected chi connectivity index (χ3v) is 6.85. The number of sulfonamides is 1. The van der Waals surface area contributed by atoms with Crippen LogP contribution < -0.4 is 10.6 Å². The summed E-state index contributed by atoms with van der Waals surface area (Å²) in [5, 5.41) is 4.45. The van der Waals surface area contributed by atoms with Gasteiger partial charge >= 0.3 is 0 Å². The van der Waals surface area contributed by atoms with E-state index >= 15 is 0 Å². The van der Waals surface area contributed by atoms with Gasteiger partial charge in [0.15, 0.2) is 17.5 Å². The monoisotopic (exact) mass is 455 g/mol. The zero-order valence-corrected chi connectivity index (χ0v) is 17.1. The SMILES string of the molecule is O=C(CNC(=O)C1CCN(S(=O)(=O)c2ccccc2)CC1)Nc1ccc(F)c(F)c1F. The van der Waals surface area contributed by atoms with Crippen molar-refractivity contribution in [2.75, 3.05) is 25.0 Å². The van der Waals surface area contributed by atoms with Crippen molar-refractivity contribution in [1.29, 1.82) is 0 Å². The van der Waals surface area contributed by atoms with Gasteiger partial charge in [0.1, 0.15) is 0 Å². The second kappa shape index (κ2) is 9.48. The van der Waals surface area contributed by atoms with Gasteiger partial charge in [-0.2, -0.15) is 4.31 Å². The Morgan fingerprint density at radius 1 is 0.968 bits per heavy atom. The highest BCUT2D eigenvalue weighted by Crippen LogP contribution is 2.24. The van der Waals surface area contributed by atoms with Crippen LogP contribution in [0.3, 0.4) is 0 Å². The van der Waals surface area contributed by atoms with Gasteiger partial charge in [0.05, 0.1) is 17.1 Å². The fraction of sp³-hybridized carbons (Fsp3) is 0.300. The molecule has 0 aliphatic carbocycles. The molecular formula is C20H20F3N3O4S. The van der Waals surface area contributed by atoms with E-state index in [0.717, 1.165) is 6.07 Å². The molecule has 0 saturated carbocycles. The summed E-state index contributed by atoms with van der Waals surface area (Å²) in [5.41, 5.74) is -0.544. The second-order valence-corrected chi connectivity index (χ2v) is 8.92.